The van der Waals surface area contributed by atoms with Crippen LogP contribution in [0.25, 0.3) is 0 Å². The Morgan fingerprint density at radius 2 is 1.78 bits per heavy atom. The molecule has 0 atom stereocenters. The zero-order valence-corrected chi connectivity index (χ0v) is 11.0. The molecule has 1 saturated heterocycles. The summed E-state index contributed by atoms with van der Waals surface area (Å²) >= 11 is 1.01. The van der Waals surface area contributed by atoms with Gasteiger partial charge in [0, 0.05) is 0 Å². The summed E-state index contributed by atoms with van der Waals surface area (Å²) in [6, 6.07) is 5.99. The van der Waals surface area contributed by atoms with Crippen LogP contribution in [0.3, 0.4) is 0 Å². The fourth-order valence-electron chi connectivity index (χ4n) is 1.03. The van der Waals surface area contributed by atoms with Gasteiger partial charge in [0.2, 0.25) is 5.91 Å². The van der Waals surface area contributed by atoms with Crippen LogP contribution in [-0.2, 0) is 14.9 Å². The van der Waals surface area contributed by atoms with E-state index in [-0.39, 0.29) is 16.0 Å². The van der Waals surface area contributed by atoms with Crippen molar-refractivity contribution in [2.45, 2.75) is 11.8 Å². The molecule has 0 aliphatic carbocycles. The van der Waals surface area contributed by atoms with Crippen molar-refractivity contribution < 1.29 is 22.6 Å². The summed E-state index contributed by atoms with van der Waals surface area (Å²) in [6.07, 6.45) is 0. The van der Waals surface area contributed by atoms with E-state index < -0.39 is 10.1 Å². The molecule has 1 aromatic rings. The van der Waals surface area contributed by atoms with E-state index in [2.05, 4.69) is 5.32 Å². The Morgan fingerprint density at radius 1 is 1.22 bits per heavy atom. The maximum atomic E-state index is 10.5. The first-order chi connectivity index (χ1) is 8.29. The molecule has 1 fully saturated rings. The number of hydrogen-bond donors (Lipinski definition) is 2. The number of carbonyl (C=O) groups is 2. The van der Waals surface area contributed by atoms with Crippen molar-refractivity contribution in [3.63, 3.8) is 0 Å². The Bertz CT molecular complexity index is 536. The lowest BCUT2D eigenvalue weighted by atomic mass is 10.2. The Kier molecular flexibility index (Phi) is 4.88. The standard InChI is InChI=1S/C7H8O3S.C3H3NO2S/c1-6-2-4-7(5-3-6)11(8,9)10;5-2-1-7-3(6)4-2/h2-5H,1H3,(H,8,9,10);1H2,(H,4,5,6). The van der Waals surface area contributed by atoms with Crippen LogP contribution in [0.2, 0.25) is 0 Å². The normalized spacial score (nSPS) is 14.8. The summed E-state index contributed by atoms with van der Waals surface area (Å²) in [4.78, 5) is 20.1. The van der Waals surface area contributed by atoms with Crippen LogP contribution in [0.1, 0.15) is 5.56 Å². The minimum absolute atomic E-state index is 0.0666. The molecule has 2 N–H and O–H groups in total. The van der Waals surface area contributed by atoms with E-state index >= 15 is 0 Å². The van der Waals surface area contributed by atoms with Crippen molar-refractivity contribution in [3.8, 4) is 0 Å². The number of benzene rings is 1. The number of thioether (sulfide) groups is 1. The van der Waals surface area contributed by atoms with Crippen molar-refractivity contribution in [2.24, 2.45) is 0 Å². The molecule has 0 spiro atoms. The van der Waals surface area contributed by atoms with Gasteiger partial charge in [-0.05, 0) is 19.1 Å². The first kappa shape index (κ1) is 14.7. The summed E-state index contributed by atoms with van der Waals surface area (Å²) in [7, 11) is -4.02. The number of aryl methyl sites for hydroxylation is 1. The van der Waals surface area contributed by atoms with Crippen LogP contribution in [-0.4, -0.2) is 29.9 Å². The molecule has 0 saturated carbocycles. The molecule has 2 rings (SSSR count). The molecule has 8 heteroatoms. The van der Waals surface area contributed by atoms with Crippen LogP contribution in [0.4, 0.5) is 4.79 Å². The van der Waals surface area contributed by atoms with Gasteiger partial charge < -0.3 is 0 Å². The molecule has 1 aliphatic heterocycles. The van der Waals surface area contributed by atoms with E-state index in [9.17, 15) is 18.0 Å². The second-order valence-electron chi connectivity index (χ2n) is 3.41. The topological polar surface area (TPSA) is 101 Å². The third-order valence-electron chi connectivity index (χ3n) is 1.89. The third kappa shape index (κ3) is 4.86. The molecule has 2 amide bonds. The average Bonchev–Trinajstić information content (AvgIpc) is 2.62. The number of rotatable bonds is 1. The van der Waals surface area contributed by atoms with Gasteiger partial charge in [0.1, 0.15) is 0 Å². The Hall–Kier alpha value is -1.38. The highest BCUT2D eigenvalue weighted by molar-refractivity contribution is 8.14. The zero-order chi connectivity index (χ0) is 13.8. The molecule has 0 bridgehead atoms. The molecule has 0 aromatic heterocycles. The predicted molar refractivity (Wildman–Crippen MR) is 67.0 cm³/mol. The Morgan fingerprint density at radius 3 is 2.06 bits per heavy atom. The second-order valence-corrected chi connectivity index (χ2v) is 5.78. The molecule has 98 valence electrons. The monoisotopic (exact) mass is 289 g/mol. The highest BCUT2D eigenvalue weighted by Gasteiger charge is 2.16. The van der Waals surface area contributed by atoms with Crippen LogP contribution in [0.15, 0.2) is 29.2 Å². The highest BCUT2D eigenvalue weighted by Crippen LogP contribution is 2.08. The number of amides is 2. The summed E-state index contributed by atoms with van der Waals surface area (Å²) in [5.41, 5.74) is 0.956. The summed E-state index contributed by atoms with van der Waals surface area (Å²) in [5, 5.41) is 1.87. The minimum atomic E-state index is -4.02. The van der Waals surface area contributed by atoms with Crippen molar-refractivity contribution in [1.82, 2.24) is 5.32 Å². The summed E-state index contributed by atoms with van der Waals surface area (Å²) in [6.45, 7) is 1.84. The SMILES string of the molecule is Cc1ccc(S(=O)(=O)O)cc1.O=C1CSC(=O)N1. The van der Waals surface area contributed by atoms with Gasteiger partial charge in [-0.15, -0.1) is 0 Å². The van der Waals surface area contributed by atoms with Gasteiger partial charge in [-0.2, -0.15) is 8.42 Å². The van der Waals surface area contributed by atoms with E-state index in [4.69, 9.17) is 4.55 Å². The van der Waals surface area contributed by atoms with Crippen LogP contribution in [0.5, 0.6) is 0 Å². The van der Waals surface area contributed by atoms with Gasteiger partial charge in [0.25, 0.3) is 15.4 Å². The van der Waals surface area contributed by atoms with E-state index in [0.29, 0.717) is 5.75 Å². The number of hydrogen-bond acceptors (Lipinski definition) is 5. The molecular formula is C10H11NO5S2. The van der Waals surface area contributed by atoms with Crippen LogP contribution >= 0.6 is 11.8 Å². The number of carbonyl (C=O) groups excluding carboxylic acids is 2. The van der Waals surface area contributed by atoms with Crippen molar-refractivity contribution in [1.29, 1.82) is 0 Å². The van der Waals surface area contributed by atoms with Crippen LogP contribution in [0, 0.1) is 6.92 Å². The number of imide groups is 1. The van der Waals surface area contributed by atoms with Crippen molar-refractivity contribution in [2.75, 3.05) is 5.75 Å². The van der Waals surface area contributed by atoms with E-state index in [1.165, 1.54) is 12.1 Å². The molecule has 1 aliphatic rings. The molecule has 0 radical (unpaired) electrons. The molecule has 1 aromatic carbocycles. The van der Waals surface area contributed by atoms with Crippen molar-refractivity contribution in [3.05, 3.63) is 29.8 Å². The van der Waals surface area contributed by atoms with E-state index in [1.54, 1.807) is 12.1 Å². The lowest BCUT2D eigenvalue weighted by molar-refractivity contribution is -0.117. The van der Waals surface area contributed by atoms with E-state index in [1.807, 2.05) is 6.92 Å². The van der Waals surface area contributed by atoms with Gasteiger partial charge in [0.05, 0.1) is 10.6 Å². The molecule has 0 unspecified atom stereocenters. The Labute approximate surface area is 109 Å². The zero-order valence-electron chi connectivity index (χ0n) is 9.41. The molecule has 18 heavy (non-hydrogen) atoms. The third-order valence-corrected chi connectivity index (χ3v) is 3.53. The number of nitrogens with one attached hydrogen (secondary N) is 1. The second kappa shape index (κ2) is 5.98. The van der Waals surface area contributed by atoms with Gasteiger partial charge in [-0.3, -0.25) is 19.5 Å². The van der Waals surface area contributed by atoms with Crippen LogP contribution < -0.4 is 5.32 Å². The first-order valence-electron chi connectivity index (χ1n) is 4.80. The maximum absolute atomic E-state index is 10.5. The predicted octanol–water partition coefficient (Wildman–Crippen LogP) is 1.21. The largest absolute Gasteiger partial charge is 0.294 e. The summed E-state index contributed by atoms with van der Waals surface area (Å²) < 4.78 is 29.6. The Balaban J connectivity index is 0.000000199. The molecular weight excluding hydrogens is 278 g/mol. The minimum Gasteiger partial charge on any atom is -0.286 e. The van der Waals surface area contributed by atoms with Gasteiger partial charge >= 0.3 is 0 Å². The maximum Gasteiger partial charge on any atom is 0.294 e. The first-order valence-corrected chi connectivity index (χ1v) is 7.22. The van der Waals surface area contributed by atoms with Gasteiger partial charge in [-0.1, -0.05) is 29.5 Å². The van der Waals surface area contributed by atoms with Gasteiger partial charge in [-0.25, -0.2) is 0 Å². The molecule has 6 nitrogen and oxygen atoms in total. The fourth-order valence-corrected chi connectivity index (χ4v) is 2.03. The summed E-state index contributed by atoms with van der Waals surface area (Å²) in [5.74, 6) is 0.105. The highest BCUT2D eigenvalue weighted by atomic mass is 32.2. The molecule has 1 heterocycles. The fraction of sp³-hybridized carbons (Fsp3) is 0.200. The average molecular weight is 289 g/mol. The quantitative estimate of drug-likeness (QED) is 0.754. The lowest BCUT2D eigenvalue weighted by Crippen LogP contribution is -2.18. The van der Waals surface area contributed by atoms with E-state index in [0.717, 1.165) is 17.3 Å². The lowest BCUT2D eigenvalue weighted by Gasteiger charge is -1.95. The smallest absolute Gasteiger partial charge is 0.286 e. The van der Waals surface area contributed by atoms with Gasteiger partial charge in [0.15, 0.2) is 0 Å². The van der Waals surface area contributed by atoms with Crippen molar-refractivity contribution >= 4 is 33.0 Å².